The van der Waals surface area contributed by atoms with Gasteiger partial charge in [0, 0.05) is 18.0 Å². The maximum atomic E-state index is 12.2. The minimum Gasteiger partial charge on any atom is -0.497 e. The molecule has 0 unspecified atom stereocenters. The van der Waals surface area contributed by atoms with E-state index in [4.69, 9.17) is 9.47 Å². The summed E-state index contributed by atoms with van der Waals surface area (Å²) in [6.07, 6.45) is 0.761. The zero-order chi connectivity index (χ0) is 19.5. The van der Waals surface area contributed by atoms with Crippen molar-refractivity contribution >= 4 is 48.9 Å². The van der Waals surface area contributed by atoms with Crippen LogP contribution in [0, 0.1) is 6.92 Å². The number of benzene rings is 2. The Bertz CT molecular complexity index is 1120. The lowest BCUT2D eigenvalue weighted by atomic mass is 10.1. The van der Waals surface area contributed by atoms with Crippen LogP contribution in [0.1, 0.15) is 10.6 Å². The Hall–Kier alpha value is -2.64. The molecule has 0 aliphatic rings. The van der Waals surface area contributed by atoms with Gasteiger partial charge < -0.3 is 14.8 Å². The SMILES string of the molecule is COc1ccc(CCNC(=O)COc2cc3sc(C)nc3c3sccc23)cc1. The van der Waals surface area contributed by atoms with Crippen molar-refractivity contribution in [2.75, 3.05) is 20.3 Å². The van der Waals surface area contributed by atoms with Crippen LogP contribution in [0.25, 0.3) is 20.3 Å². The lowest BCUT2D eigenvalue weighted by molar-refractivity contribution is -0.123. The van der Waals surface area contributed by atoms with Gasteiger partial charge in [-0.1, -0.05) is 12.1 Å². The molecule has 0 bridgehead atoms. The van der Waals surface area contributed by atoms with Crippen LogP contribution in [0.5, 0.6) is 11.5 Å². The topological polar surface area (TPSA) is 60.5 Å². The van der Waals surface area contributed by atoms with Gasteiger partial charge in [0.15, 0.2) is 6.61 Å². The van der Waals surface area contributed by atoms with Crippen LogP contribution >= 0.6 is 22.7 Å². The standard InChI is InChI=1S/C21H20N2O3S2/c1-13-23-20-18(28-13)11-17(16-8-10-27-21(16)20)26-12-19(24)22-9-7-14-3-5-15(25-2)6-4-14/h3-6,8,10-11H,7,9,12H2,1-2H3,(H,22,24). The zero-order valence-electron chi connectivity index (χ0n) is 15.7. The second-order valence-electron chi connectivity index (χ2n) is 6.35. The number of hydrogen-bond acceptors (Lipinski definition) is 6. The first-order valence-corrected chi connectivity index (χ1v) is 10.6. The van der Waals surface area contributed by atoms with Crippen LogP contribution in [-0.2, 0) is 11.2 Å². The molecule has 7 heteroatoms. The van der Waals surface area contributed by atoms with Crippen LogP contribution in [0.3, 0.4) is 0 Å². The summed E-state index contributed by atoms with van der Waals surface area (Å²) in [6.45, 7) is 2.56. The molecular weight excluding hydrogens is 392 g/mol. The molecule has 0 saturated carbocycles. The van der Waals surface area contributed by atoms with E-state index in [1.807, 2.05) is 48.7 Å². The maximum absolute atomic E-state index is 12.2. The molecule has 5 nitrogen and oxygen atoms in total. The summed E-state index contributed by atoms with van der Waals surface area (Å²) in [7, 11) is 1.65. The fourth-order valence-corrected chi connectivity index (χ4v) is 4.87. The van der Waals surface area contributed by atoms with Gasteiger partial charge in [0.25, 0.3) is 5.91 Å². The van der Waals surface area contributed by atoms with E-state index in [2.05, 4.69) is 10.3 Å². The van der Waals surface area contributed by atoms with E-state index in [0.717, 1.165) is 48.8 Å². The van der Waals surface area contributed by atoms with Crippen molar-refractivity contribution in [1.29, 1.82) is 0 Å². The Labute approximate surface area is 170 Å². The number of amides is 1. The first kappa shape index (κ1) is 18.7. The lowest BCUT2D eigenvalue weighted by Gasteiger charge is -2.09. The summed E-state index contributed by atoms with van der Waals surface area (Å²) in [6, 6.07) is 11.8. The number of aryl methyl sites for hydroxylation is 1. The monoisotopic (exact) mass is 412 g/mol. The predicted molar refractivity (Wildman–Crippen MR) is 115 cm³/mol. The molecule has 28 heavy (non-hydrogen) atoms. The number of thiazole rings is 1. The number of carbonyl (C=O) groups is 1. The van der Waals surface area contributed by atoms with E-state index in [1.165, 1.54) is 0 Å². The van der Waals surface area contributed by atoms with Crippen molar-refractivity contribution in [3.8, 4) is 11.5 Å². The summed E-state index contributed by atoms with van der Waals surface area (Å²) >= 11 is 3.29. The summed E-state index contributed by atoms with van der Waals surface area (Å²) in [4.78, 5) is 16.8. The smallest absolute Gasteiger partial charge is 0.257 e. The molecule has 0 saturated heterocycles. The second-order valence-corrected chi connectivity index (χ2v) is 8.51. The quantitative estimate of drug-likeness (QED) is 0.483. The van der Waals surface area contributed by atoms with E-state index in [-0.39, 0.29) is 12.5 Å². The third kappa shape index (κ3) is 3.95. The molecule has 0 radical (unpaired) electrons. The Morgan fingerprint density at radius 2 is 2.04 bits per heavy atom. The molecule has 2 aromatic heterocycles. The molecule has 0 fully saturated rings. The van der Waals surface area contributed by atoms with Gasteiger partial charge in [0.05, 0.1) is 27.0 Å². The van der Waals surface area contributed by atoms with Gasteiger partial charge in [-0.3, -0.25) is 4.79 Å². The number of ether oxygens (including phenoxy) is 2. The van der Waals surface area contributed by atoms with Crippen LogP contribution in [0.2, 0.25) is 0 Å². The van der Waals surface area contributed by atoms with Crippen molar-refractivity contribution < 1.29 is 14.3 Å². The van der Waals surface area contributed by atoms with Crippen molar-refractivity contribution in [3.05, 3.63) is 52.3 Å². The Morgan fingerprint density at radius 1 is 1.21 bits per heavy atom. The number of rotatable bonds is 7. The number of nitrogens with zero attached hydrogens (tertiary/aromatic N) is 1. The number of thiophene rings is 1. The molecule has 1 amide bonds. The normalized spacial score (nSPS) is 11.1. The Balaban J connectivity index is 1.35. The van der Waals surface area contributed by atoms with Gasteiger partial charge in [-0.15, -0.1) is 22.7 Å². The molecule has 2 heterocycles. The lowest BCUT2D eigenvalue weighted by Crippen LogP contribution is -2.30. The van der Waals surface area contributed by atoms with Gasteiger partial charge in [0.1, 0.15) is 11.5 Å². The van der Waals surface area contributed by atoms with Crippen LogP contribution in [0.4, 0.5) is 0 Å². The number of carbonyl (C=O) groups excluding carboxylic acids is 1. The fourth-order valence-electron chi connectivity index (χ4n) is 3.04. The summed E-state index contributed by atoms with van der Waals surface area (Å²) < 4.78 is 13.2. The van der Waals surface area contributed by atoms with Crippen LogP contribution < -0.4 is 14.8 Å². The van der Waals surface area contributed by atoms with Crippen molar-refractivity contribution in [2.24, 2.45) is 0 Å². The van der Waals surface area contributed by atoms with Gasteiger partial charge in [-0.2, -0.15) is 0 Å². The van der Waals surface area contributed by atoms with Crippen molar-refractivity contribution in [3.63, 3.8) is 0 Å². The number of nitrogens with one attached hydrogen (secondary N) is 1. The summed E-state index contributed by atoms with van der Waals surface area (Å²) in [5.74, 6) is 1.43. The average molecular weight is 413 g/mol. The Morgan fingerprint density at radius 3 is 2.82 bits per heavy atom. The fraction of sp³-hybridized carbons (Fsp3) is 0.238. The van der Waals surface area contributed by atoms with E-state index < -0.39 is 0 Å². The molecular formula is C21H20N2O3S2. The molecule has 2 aromatic carbocycles. The highest BCUT2D eigenvalue weighted by molar-refractivity contribution is 7.21. The number of fused-ring (bicyclic) bond motifs is 3. The average Bonchev–Trinajstić information content (AvgIpc) is 3.32. The third-order valence-electron chi connectivity index (χ3n) is 4.42. The van der Waals surface area contributed by atoms with E-state index in [1.54, 1.807) is 29.8 Å². The molecule has 0 aliphatic carbocycles. The van der Waals surface area contributed by atoms with Crippen molar-refractivity contribution in [1.82, 2.24) is 10.3 Å². The minimum atomic E-state index is -0.127. The van der Waals surface area contributed by atoms with E-state index >= 15 is 0 Å². The molecule has 4 aromatic rings. The first-order valence-electron chi connectivity index (χ1n) is 8.94. The molecule has 4 rings (SSSR count). The van der Waals surface area contributed by atoms with Gasteiger partial charge in [0.2, 0.25) is 0 Å². The molecule has 0 atom stereocenters. The van der Waals surface area contributed by atoms with Crippen molar-refractivity contribution in [2.45, 2.75) is 13.3 Å². The molecule has 0 aliphatic heterocycles. The highest BCUT2D eigenvalue weighted by atomic mass is 32.1. The first-order chi connectivity index (χ1) is 13.6. The molecule has 144 valence electrons. The minimum absolute atomic E-state index is 0.00312. The predicted octanol–water partition coefficient (Wildman–Crippen LogP) is 4.57. The highest BCUT2D eigenvalue weighted by Crippen LogP contribution is 2.38. The van der Waals surface area contributed by atoms with Crippen LogP contribution in [-0.4, -0.2) is 31.2 Å². The van der Waals surface area contributed by atoms with Crippen LogP contribution in [0.15, 0.2) is 41.8 Å². The highest BCUT2D eigenvalue weighted by Gasteiger charge is 2.13. The molecule has 1 N–H and O–H groups in total. The number of hydrogen-bond donors (Lipinski definition) is 1. The maximum Gasteiger partial charge on any atom is 0.257 e. The van der Waals surface area contributed by atoms with Gasteiger partial charge >= 0.3 is 0 Å². The number of aromatic nitrogens is 1. The number of methoxy groups -OCH3 is 1. The van der Waals surface area contributed by atoms with Gasteiger partial charge in [-0.25, -0.2) is 4.98 Å². The summed E-state index contributed by atoms with van der Waals surface area (Å²) in [5.41, 5.74) is 2.16. The largest absolute Gasteiger partial charge is 0.497 e. The second kappa shape index (κ2) is 8.16. The van der Waals surface area contributed by atoms with E-state index in [0.29, 0.717) is 6.54 Å². The summed E-state index contributed by atoms with van der Waals surface area (Å²) in [5, 5.41) is 6.97. The Kier molecular flexibility index (Phi) is 5.45. The third-order valence-corrected chi connectivity index (χ3v) is 6.26. The zero-order valence-corrected chi connectivity index (χ0v) is 17.3. The van der Waals surface area contributed by atoms with E-state index in [9.17, 15) is 4.79 Å². The molecule has 0 spiro atoms. The van der Waals surface area contributed by atoms with Gasteiger partial charge in [-0.05, 0) is 42.5 Å².